The van der Waals surface area contributed by atoms with Gasteiger partial charge >= 0.3 is 0 Å². The van der Waals surface area contributed by atoms with Crippen LogP contribution in [0.15, 0.2) is 23.1 Å². The zero-order valence-electron chi connectivity index (χ0n) is 13.2. The second kappa shape index (κ2) is 7.33. The van der Waals surface area contributed by atoms with E-state index in [0.29, 0.717) is 18.5 Å². The fraction of sp³-hybridized carbons (Fsp3) is 0.600. The molecule has 0 saturated heterocycles. The predicted molar refractivity (Wildman–Crippen MR) is 83.1 cm³/mol. The van der Waals surface area contributed by atoms with Crippen molar-refractivity contribution in [3.8, 4) is 0 Å². The quantitative estimate of drug-likeness (QED) is 0.725. The van der Waals surface area contributed by atoms with Gasteiger partial charge in [-0.15, -0.1) is 0 Å². The van der Waals surface area contributed by atoms with Crippen LogP contribution in [-0.4, -0.2) is 20.5 Å². The van der Waals surface area contributed by atoms with Gasteiger partial charge in [0.15, 0.2) is 0 Å². The molecule has 0 radical (unpaired) electrons. The summed E-state index contributed by atoms with van der Waals surface area (Å²) in [5.41, 5.74) is -0.172. The minimum Gasteiger partial charge on any atom is -0.313 e. The largest absolute Gasteiger partial charge is 0.313 e. The van der Waals surface area contributed by atoms with Crippen molar-refractivity contribution in [3.63, 3.8) is 0 Å². The molecule has 2 N–H and O–H groups in total. The van der Waals surface area contributed by atoms with Gasteiger partial charge in [0.2, 0.25) is 10.0 Å². The van der Waals surface area contributed by atoms with Crippen molar-refractivity contribution in [2.45, 2.75) is 57.5 Å². The summed E-state index contributed by atoms with van der Waals surface area (Å²) in [6, 6.07) is 3.90. The Balaban J connectivity index is 3.00. The highest BCUT2D eigenvalue weighted by molar-refractivity contribution is 7.89. The first-order valence-electron chi connectivity index (χ1n) is 7.25. The van der Waals surface area contributed by atoms with E-state index in [-0.39, 0.29) is 4.90 Å². The van der Waals surface area contributed by atoms with E-state index in [1.807, 2.05) is 27.7 Å². The fourth-order valence-corrected chi connectivity index (χ4v) is 3.28. The molecule has 0 aliphatic rings. The highest BCUT2D eigenvalue weighted by Crippen LogP contribution is 2.18. The second-order valence-corrected chi connectivity index (χ2v) is 7.46. The van der Waals surface area contributed by atoms with Gasteiger partial charge in [0, 0.05) is 17.6 Å². The van der Waals surface area contributed by atoms with Gasteiger partial charge in [0.05, 0.1) is 4.90 Å². The van der Waals surface area contributed by atoms with Gasteiger partial charge < -0.3 is 5.32 Å². The van der Waals surface area contributed by atoms with Crippen LogP contribution in [0.1, 0.15) is 46.1 Å². The Hall–Kier alpha value is -0.980. The number of rotatable bonds is 8. The first kappa shape index (κ1) is 18.1. The zero-order chi connectivity index (χ0) is 16.1. The van der Waals surface area contributed by atoms with Gasteiger partial charge in [0.1, 0.15) is 5.82 Å². The average molecular weight is 316 g/mol. The Morgan fingerprint density at radius 1 is 1.24 bits per heavy atom. The Morgan fingerprint density at radius 3 is 2.48 bits per heavy atom. The summed E-state index contributed by atoms with van der Waals surface area (Å²) < 4.78 is 41.1. The van der Waals surface area contributed by atoms with Crippen LogP contribution < -0.4 is 10.0 Å². The molecule has 21 heavy (non-hydrogen) atoms. The highest BCUT2D eigenvalue weighted by Gasteiger charge is 2.25. The number of sulfonamides is 1. The van der Waals surface area contributed by atoms with Gasteiger partial charge in [0.25, 0.3) is 0 Å². The SMILES string of the molecule is CCCNCc1cc(S(=O)(=O)NC(C)(C)CC)ccc1F. The van der Waals surface area contributed by atoms with Crippen molar-refractivity contribution in [3.05, 3.63) is 29.6 Å². The third-order valence-electron chi connectivity index (χ3n) is 3.36. The maximum Gasteiger partial charge on any atom is 0.241 e. The molecule has 0 amide bonds. The summed E-state index contributed by atoms with van der Waals surface area (Å²) in [6.07, 6.45) is 1.60. The van der Waals surface area contributed by atoms with Crippen LogP contribution in [0.5, 0.6) is 0 Å². The van der Waals surface area contributed by atoms with Gasteiger partial charge in [-0.05, 0) is 51.4 Å². The van der Waals surface area contributed by atoms with E-state index < -0.39 is 21.4 Å². The summed E-state index contributed by atoms with van der Waals surface area (Å²) in [5, 5.41) is 3.08. The lowest BCUT2D eigenvalue weighted by Crippen LogP contribution is -2.42. The van der Waals surface area contributed by atoms with E-state index in [1.54, 1.807) is 0 Å². The molecule has 0 aromatic heterocycles. The van der Waals surface area contributed by atoms with Crippen molar-refractivity contribution in [1.29, 1.82) is 0 Å². The van der Waals surface area contributed by atoms with Crippen molar-refractivity contribution in [2.24, 2.45) is 0 Å². The average Bonchev–Trinajstić information content (AvgIpc) is 2.40. The predicted octanol–water partition coefficient (Wildman–Crippen LogP) is 2.79. The molecule has 1 aromatic rings. The van der Waals surface area contributed by atoms with E-state index in [2.05, 4.69) is 10.0 Å². The smallest absolute Gasteiger partial charge is 0.241 e. The third kappa shape index (κ3) is 5.37. The van der Waals surface area contributed by atoms with Crippen LogP contribution in [0.3, 0.4) is 0 Å². The molecule has 0 bridgehead atoms. The molecule has 120 valence electrons. The lowest BCUT2D eigenvalue weighted by Gasteiger charge is -2.24. The van der Waals surface area contributed by atoms with E-state index >= 15 is 0 Å². The summed E-state index contributed by atoms with van der Waals surface area (Å²) in [5.74, 6) is -0.396. The summed E-state index contributed by atoms with van der Waals surface area (Å²) in [6.45, 7) is 8.64. The Labute approximate surface area is 127 Å². The van der Waals surface area contributed by atoms with Gasteiger partial charge in [-0.25, -0.2) is 17.5 Å². The fourth-order valence-electron chi connectivity index (χ4n) is 1.75. The molecule has 0 spiro atoms. The van der Waals surface area contributed by atoms with Crippen LogP contribution in [0.2, 0.25) is 0 Å². The first-order valence-corrected chi connectivity index (χ1v) is 8.73. The molecule has 0 fully saturated rings. The van der Waals surface area contributed by atoms with Crippen LogP contribution in [0, 0.1) is 5.82 Å². The number of nitrogens with one attached hydrogen (secondary N) is 2. The molecule has 0 aliphatic carbocycles. The molecule has 6 heteroatoms. The van der Waals surface area contributed by atoms with E-state index in [9.17, 15) is 12.8 Å². The van der Waals surface area contributed by atoms with Crippen LogP contribution in [0.4, 0.5) is 4.39 Å². The molecule has 0 aliphatic heterocycles. The van der Waals surface area contributed by atoms with Crippen molar-refractivity contribution >= 4 is 10.0 Å². The number of halogens is 1. The second-order valence-electron chi connectivity index (χ2n) is 5.77. The number of benzene rings is 1. The molecular formula is C15H25FN2O2S. The molecule has 1 aromatic carbocycles. The van der Waals surface area contributed by atoms with Crippen molar-refractivity contribution < 1.29 is 12.8 Å². The van der Waals surface area contributed by atoms with Gasteiger partial charge in [-0.2, -0.15) is 0 Å². The lowest BCUT2D eigenvalue weighted by atomic mass is 10.0. The maximum absolute atomic E-state index is 13.7. The topological polar surface area (TPSA) is 58.2 Å². The lowest BCUT2D eigenvalue weighted by molar-refractivity contribution is 0.439. The number of hydrogen-bond acceptors (Lipinski definition) is 3. The summed E-state index contributed by atoms with van der Waals surface area (Å²) in [7, 11) is -3.64. The van der Waals surface area contributed by atoms with Crippen LogP contribution in [0.25, 0.3) is 0 Å². The van der Waals surface area contributed by atoms with Gasteiger partial charge in [-0.1, -0.05) is 13.8 Å². The van der Waals surface area contributed by atoms with E-state index in [0.717, 1.165) is 13.0 Å². The van der Waals surface area contributed by atoms with Crippen molar-refractivity contribution in [2.75, 3.05) is 6.54 Å². The summed E-state index contributed by atoms with van der Waals surface area (Å²) in [4.78, 5) is 0.0960. The highest BCUT2D eigenvalue weighted by atomic mass is 32.2. The molecule has 0 atom stereocenters. The number of hydrogen-bond donors (Lipinski definition) is 2. The Bertz CT molecular complexity index is 571. The molecular weight excluding hydrogens is 291 g/mol. The standard InChI is InChI=1S/C15H25FN2O2S/c1-5-9-17-11-12-10-13(7-8-14(12)16)21(19,20)18-15(3,4)6-2/h7-8,10,17-18H,5-6,9,11H2,1-4H3. The van der Waals surface area contributed by atoms with E-state index in [4.69, 9.17) is 0 Å². The molecule has 0 saturated carbocycles. The molecule has 0 heterocycles. The normalized spacial score (nSPS) is 12.6. The molecule has 0 unspecified atom stereocenters. The van der Waals surface area contributed by atoms with Crippen LogP contribution in [-0.2, 0) is 16.6 Å². The van der Waals surface area contributed by atoms with Gasteiger partial charge in [-0.3, -0.25) is 0 Å². The Kier molecular flexibility index (Phi) is 6.31. The molecule has 4 nitrogen and oxygen atoms in total. The van der Waals surface area contributed by atoms with Crippen LogP contribution >= 0.6 is 0 Å². The monoisotopic (exact) mass is 316 g/mol. The first-order chi connectivity index (χ1) is 9.72. The van der Waals surface area contributed by atoms with E-state index in [1.165, 1.54) is 18.2 Å². The zero-order valence-corrected chi connectivity index (χ0v) is 14.0. The minimum absolute atomic E-state index is 0.0960. The summed E-state index contributed by atoms with van der Waals surface area (Å²) >= 11 is 0. The third-order valence-corrected chi connectivity index (χ3v) is 5.06. The minimum atomic E-state index is -3.64. The Morgan fingerprint density at radius 2 is 1.90 bits per heavy atom. The molecule has 1 rings (SSSR count). The maximum atomic E-state index is 13.7. The van der Waals surface area contributed by atoms with Crippen molar-refractivity contribution in [1.82, 2.24) is 10.0 Å².